The zero-order chi connectivity index (χ0) is 15.5. The van der Waals surface area contributed by atoms with Crippen molar-refractivity contribution < 1.29 is 9.32 Å². The first-order valence-electron chi connectivity index (χ1n) is 7.43. The van der Waals surface area contributed by atoms with Gasteiger partial charge in [0.1, 0.15) is 17.3 Å². The first-order valence-corrected chi connectivity index (χ1v) is 7.43. The zero-order valence-electron chi connectivity index (χ0n) is 12.7. The number of hydrogen-bond acceptors (Lipinski definition) is 6. The van der Waals surface area contributed by atoms with Crippen LogP contribution < -0.4 is 10.2 Å². The van der Waals surface area contributed by atoms with E-state index in [0.717, 1.165) is 37.7 Å². The fraction of sp³-hybridized carbons (Fsp3) is 0.467. The molecule has 0 aliphatic carbocycles. The molecule has 0 bridgehead atoms. The molecule has 0 unspecified atom stereocenters. The Kier molecular flexibility index (Phi) is 4.04. The molecule has 22 heavy (non-hydrogen) atoms. The van der Waals surface area contributed by atoms with Gasteiger partial charge >= 0.3 is 0 Å². The number of nitrogens with zero attached hydrogens (tertiary/aromatic N) is 4. The fourth-order valence-corrected chi connectivity index (χ4v) is 2.45. The van der Waals surface area contributed by atoms with E-state index in [2.05, 4.69) is 32.3 Å². The average Bonchev–Trinajstić information content (AvgIpc) is 2.93. The SMILES string of the molecule is Cc1cc(NC(=O)c2cnc(N3CCC(C)CC3)cn2)no1. The summed E-state index contributed by atoms with van der Waals surface area (Å²) in [6, 6.07) is 1.65. The minimum absolute atomic E-state index is 0.259. The third-order valence-electron chi connectivity index (χ3n) is 3.85. The van der Waals surface area contributed by atoms with Crippen molar-refractivity contribution in [1.29, 1.82) is 0 Å². The summed E-state index contributed by atoms with van der Waals surface area (Å²) in [6.45, 7) is 6.00. The van der Waals surface area contributed by atoms with Crippen molar-refractivity contribution in [3.05, 3.63) is 29.9 Å². The number of anilines is 2. The van der Waals surface area contributed by atoms with Gasteiger partial charge in [-0.3, -0.25) is 4.79 Å². The van der Waals surface area contributed by atoms with Crippen LogP contribution in [0.15, 0.2) is 23.0 Å². The Bertz CT molecular complexity index is 644. The van der Waals surface area contributed by atoms with Gasteiger partial charge < -0.3 is 14.7 Å². The molecule has 1 aliphatic rings. The lowest BCUT2D eigenvalue weighted by Crippen LogP contribution is -2.33. The minimum atomic E-state index is -0.348. The minimum Gasteiger partial charge on any atom is -0.360 e. The molecule has 0 aromatic carbocycles. The molecule has 0 atom stereocenters. The Labute approximate surface area is 128 Å². The van der Waals surface area contributed by atoms with Gasteiger partial charge in [-0.1, -0.05) is 12.1 Å². The number of aromatic nitrogens is 3. The van der Waals surface area contributed by atoms with Crippen LogP contribution >= 0.6 is 0 Å². The number of amides is 1. The van der Waals surface area contributed by atoms with Crippen molar-refractivity contribution >= 4 is 17.5 Å². The van der Waals surface area contributed by atoms with Crippen LogP contribution in [0.25, 0.3) is 0 Å². The number of aryl methyl sites for hydroxylation is 1. The van der Waals surface area contributed by atoms with E-state index in [1.165, 1.54) is 6.20 Å². The molecule has 1 aliphatic heterocycles. The Hall–Kier alpha value is -2.44. The van der Waals surface area contributed by atoms with Gasteiger partial charge in [-0.15, -0.1) is 0 Å². The molecule has 1 amide bonds. The van der Waals surface area contributed by atoms with E-state index in [-0.39, 0.29) is 11.6 Å². The van der Waals surface area contributed by atoms with Crippen molar-refractivity contribution in [1.82, 2.24) is 15.1 Å². The lowest BCUT2D eigenvalue weighted by Gasteiger charge is -2.30. The predicted molar refractivity (Wildman–Crippen MR) is 81.8 cm³/mol. The van der Waals surface area contributed by atoms with Gasteiger partial charge in [0, 0.05) is 19.2 Å². The van der Waals surface area contributed by atoms with E-state index in [1.807, 2.05) is 0 Å². The van der Waals surface area contributed by atoms with Crippen LogP contribution in [0.2, 0.25) is 0 Å². The van der Waals surface area contributed by atoms with E-state index >= 15 is 0 Å². The quantitative estimate of drug-likeness (QED) is 0.936. The molecule has 1 saturated heterocycles. The van der Waals surface area contributed by atoms with Gasteiger partial charge in [0.15, 0.2) is 5.82 Å². The van der Waals surface area contributed by atoms with Gasteiger partial charge in [0.05, 0.1) is 12.4 Å². The van der Waals surface area contributed by atoms with Gasteiger partial charge in [-0.05, 0) is 25.7 Å². The summed E-state index contributed by atoms with van der Waals surface area (Å²) in [4.78, 5) is 22.8. The number of piperidine rings is 1. The third-order valence-corrected chi connectivity index (χ3v) is 3.85. The summed E-state index contributed by atoms with van der Waals surface area (Å²) in [5, 5.41) is 6.34. The lowest BCUT2D eigenvalue weighted by atomic mass is 9.99. The molecular formula is C15H19N5O2. The smallest absolute Gasteiger partial charge is 0.277 e. The zero-order valence-corrected chi connectivity index (χ0v) is 12.7. The second-order valence-electron chi connectivity index (χ2n) is 5.71. The topological polar surface area (TPSA) is 84.2 Å². The van der Waals surface area contributed by atoms with E-state index < -0.39 is 0 Å². The Balaban J connectivity index is 1.64. The highest BCUT2D eigenvalue weighted by Crippen LogP contribution is 2.20. The molecule has 7 heteroatoms. The van der Waals surface area contributed by atoms with Crippen LogP contribution in [0.4, 0.5) is 11.6 Å². The first kappa shape index (κ1) is 14.5. The Morgan fingerprint density at radius 1 is 1.32 bits per heavy atom. The maximum Gasteiger partial charge on any atom is 0.277 e. The highest BCUT2D eigenvalue weighted by Gasteiger charge is 2.18. The molecule has 0 radical (unpaired) electrons. The molecule has 0 saturated carbocycles. The number of rotatable bonds is 3. The van der Waals surface area contributed by atoms with Crippen molar-refractivity contribution in [3.63, 3.8) is 0 Å². The molecule has 3 heterocycles. The van der Waals surface area contributed by atoms with E-state index in [9.17, 15) is 4.79 Å². The van der Waals surface area contributed by atoms with Crippen LogP contribution in [0.5, 0.6) is 0 Å². The molecule has 7 nitrogen and oxygen atoms in total. The maximum atomic E-state index is 12.0. The van der Waals surface area contributed by atoms with Crippen molar-refractivity contribution in [2.45, 2.75) is 26.7 Å². The van der Waals surface area contributed by atoms with Crippen LogP contribution in [0, 0.1) is 12.8 Å². The Morgan fingerprint density at radius 2 is 2.09 bits per heavy atom. The maximum absolute atomic E-state index is 12.0. The molecule has 3 rings (SSSR count). The summed E-state index contributed by atoms with van der Waals surface area (Å²) >= 11 is 0. The largest absolute Gasteiger partial charge is 0.360 e. The fourth-order valence-electron chi connectivity index (χ4n) is 2.45. The summed E-state index contributed by atoms with van der Waals surface area (Å²) < 4.78 is 4.90. The summed E-state index contributed by atoms with van der Waals surface area (Å²) in [5.41, 5.74) is 0.259. The van der Waals surface area contributed by atoms with Gasteiger partial charge in [-0.25, -0.2) is 9.97 Å². The second kappa shape index (κ2) is 6.13. The molecule has 1 fully saturated rings. The molecule has 2 aromatic rings. The van der Waals surface area contributed by atoms with E-state index in [4.69, 9.17) is 4.52 Å². The van der Waals surface area contributed by atoms with Gasteiger partial charge in [0.25, 0.3) is 5.91 Å². The van der Waals surface area contributed by atoms with Crippen molar-refractivity contribution in [2.24, 2.45) is 5.92 Å². The van der Waals surface area contributed by atoms with E-state index in [1.54, 1.807) is 19.2 Å². The summed E-state index contributed by atoms with van der Waals surface area (Å²) in [6.07, 6.45) is 5.47. The number of carbonyl (C=O) groups excluding carboxylic acids is 1. The molecule has 116 valence electrons. The van der Waals surface area contributed by atoms with Crippen LogP contribution in [-0.2, 0) is 0 Å². The Morgan fingerprint density at radius 3 is 2.68 bits per heavy atom. The summed E-state index contributed by atoms with van der Waals surface area (Å²) in [5.74, 6) is 2.25. The number of hydrogen-bond donors (Lipinski definition) is 1. The van der Waals surface area contributed by atoms with E-state index in [0.29, 0.717) is 11.6 Å². The molecule has 2 aromatic heterocycles. The highest BCUT2D eigenvalue weighted by molar-refractivity contribution is 6.02. The highest BCUT2D eigenvalue weighted by atomic mass is 16.5. The predicted octanol–water partition coefficient (Wildman–Crippen LogP) is 2.26. The van der Waals surface area contributed by atoms with Crippen LogP contribution in [0.3, 0.4) is 0 Å². The lowest BCUT2D eigenvalue weighted by molar-refractivity contribution is 0.102. The van der Waals surface area contributed by atoms with Gasteiger partial charge in [-0.2, -0.15) is 0 Å². The second-order valence-corrected chi connectivity index (χ2v) is 5.71. The average molecular weight is 301 g/mol. The molecular weight excluding hydrogens is 282 g/mol. The van der Waals surface area contributed by atoms with Crippen LogP contribution in [-0.4, -0.2) is 34.1 Å². The standard InChI is InChI=1S/C15H19N5O2/c1-10-3-5-20(6-4-10)14-9-16-12(8-17-14)15(21)18-13-7-11(2)22-19-13/h7-10H,3-6H2,1-2H3,(H,18,19,21). The number of carbonyl (C=O) groups is 1. The van der Waals surface area contributed by atoms with Crippen molar-refractivity contribution in [3.8, 4) is 0 Å². The normalized spacial score (nSPS) is 15.8. The summed E-state index contributed by atoms with van der Waals surface area (Å²) in [7, 11) is 0. The monoisotopic (exact) mass is 301 g/mol. The van der Waals surface area contributed by atoms with Crippen molar-refractivity contribution in [2.75, 3.05) is 23.3 Å². The van der Waals surface area contributed by atoms with Crippen LogP contribution in [0.1, 0.15) is 36.0 Å². The third kappa shape index (κ3) is 3.24. The first-order chi connectivity index (χ1) is 10.6. The molecule has 1 N–H and O–H groups in total. The molecule has 0 spiro atoms. The number of nitrogens with one attached hydrogen (secondary N) is 1. The van der Waals surface area contributed by atoms with Gasteiger partial charge in [0.2, 0.25) is 0 Å².